The fourth-order valence-corrected chi connectivity index (χ4v) is 2.85. The van der Waals surface area contributed by atoms with Gasteiger partial charge in [-0.3, -0.25) is 0 Å². The predicted molar refractivity (Wildman–Crippen MR) is 82.5 cm³/mol. The van der Waals surface area contributed by atoms with E-state index < -0.39 is 11.8 Å². The minimum Gasteiger partial charge on any atom is -0.478 e. The van der Waals surface area contributed by atoms with Gasteiger partial charge < -0.3 is 5.11 Å². The molecule has 0 fully saturated rings. The van der Waals surface area contributed by atoms with Gasteiger partial charge in [-0.25, -0.2) is 9.18 Å². The topological polar surface area (TPSA) is 37.3 Å². The van der Waals surface area contributed by atoms with E-state index >= 15 is 0 Å². The Kier molecular flexibility index (Phi) is 3.86. The molecule has 0 spiro atoms. The van der Waals surface area contributed by atoms with Crippen molar-refractivity contribution in [2.45, 2.75) is 34.6 Å². The molecule has 0 aliphatic rings. The summed E-state index contributed by atoms with van der Waals surface area (Å²) in [5.41, 5.74) is 6.46. The number of carboxylic acids is 1. The Labute approximate surface area is 124 Å². The van der Waals surface area contributed by atoms with Gasteiger partial charge in [-0.1, -0.05) is 12.1 Å². The second-order valence-corrected chi connectivity index (χ2v) is 5.47. The predicted octanol–water partition coefficient (Wildman–Crippen LogP) is 4.73. The molecule has 2 aromatic carbocycles. The highest BCUT2D eigenvalue weighted by Gasteiger charge is 2.21. The zero-order valence-corrected chi connectivity index (χ0v) is 13.0. The van der Waals surface area contributed by atoms with Crippen molar-refractivity contribution >= 4 is 5.97 Å². The van der Waals surface area contributed by atoms with Crippen LogP contribution in [0.3, 0.4) is 0 Å². The number of rotatable bonds is 2. The largest absolute Gasteiger partial charge is 0.478 e. The van der Waals surface area contributed by atoms with Crippen molar-refractivity contribution in [1.29, 1.82) is 0 Å². The smallest absolute Gasteiger partial charge is 0.339 e. The van der Waals surface area contributed by atoms with E-state index in [0.29, 0.717) is 5.56 Å². The number of aromatic carboxylic acids is 1. The molecule has 0 saturated carbocycles. The molecule has 2 nitrogen and oxygen atoms in total. The number of hydrogen-bond donors (Lipinski definition) is 1. The van der Waals surface area contributed by atoms with Gasteiger partial charge in [0.05, 0.1) is 0 Å². The van der Waals surface area contributed by atoms with Gasteiger partial charge >= 0.3 is 5.97 Å². The summed E-state index contributed by atoms with van der Waals surface area (Å²) in [6.07, 6.45) is 0. The molecule has 0 heterocycles. The van der Waals surface area contributed by atoms with E-state index in [1.807, 2.05) is 27.7 Å². The maximum Gasteiger partial charge on any atom is 0.339 e. The van der Waals surface area contributed by atoms with E-state index in [1.54, 1.807) is 12.1 Å². The Bertz CT molecular complexity index is 716. The zero-order chi connectivity index (χ0) is 15.9. The van der Waals surface area contributed by atoms with E-state index in [4.69, 9.17) is 0 Å². The van der Waals surface area contributed by atoms with Crippen LogP contribution in [0, 0.1) is 40.4 Å². The van der Waals surface area contributed by atoms with Gasteiger partial charge in [0, 0.05) is 0 Å². The molecule has 0 aliphatic carbocycles. The third-order valence-corrected chi connectivity index (χ3v) is 4.50. The van der Waals surface area contributed by atoms with Gasteiger partial charge in [0.2, 0.25) is 0 Å². The molecule has 1 N–H and O–H groups in total. The van der Waals surface area contributed by atoms with Crippen LogP contribution in [0.25, 0.3) is 11.1 Å². The molecule has 0 unspecified atom stereocenters. The van der Waals surface area contributed by atoms with Crippen molar-refractivity contribution in [3.05, 3.63) is 57.4 Å². The van der Waals surface area contributed by atoms with Crippen molar-refractivity contribution in [2.24, 2.45) is 0 Å². The number of halogens is 1. The molecule has 0 aliphatic heterocycles. The van der Waals surface area contributed by atoms with E-state index in [-0.39, 0.29) is 5.56 Å². The van der Waals surface area contributed by atoms with Crippen molar-refractivity contribution < 1.29 is 14.3 Å². The van der Waals surface area contributed by atoms with Crippen LogP contribution >= 0.6 is 0 Å². The lowest BCUT2D eigenvalue weighted by Gasteiger charge is -2.20. The first-order chi connectivity index (χ1) is 9.77. The van der Waals surface area contributed by atoms with Gasteiger partial charge in [-0.05, 0) is 79.6 Å². The lowest BCUT2D eigenvalue weighted by atomic mass is 9.84. The van der Waals surface area contributed by atoms with Gasteiger partial charge in [-0.15, -0.1) is 0 Å². The zero-order valence-electron chi connectivity index (χ0n) is 13.0. The molecule has 0 amide bonds. The second-order valence-electron chi connectivity index (χ2n) is 5.47. The summed E-state index contributed by atoms with van der Waals surface area (Å²) in [7, 11) is 0. The molecule has 0 atom stereocenters. The molecule has 0 bridgehead atoms. The summed E-state index contributed by atoms with van der Waals surface area (Å²) in [6.45, 7) is 10.0. The van der Waals surface area contributed by atoms with Crippen LogP contribution in [0.4, 0.5) is 4.39 Å². The average molecular weight is 286 g/mol. The maximum absolute atomic E-state index is 13.9. The Morgan fingerprint density at radius 1 is 0.905 bits per heavy atom. The minimum absolute atomic E-state index is 0.258. The maximum atomic E-state index is 13.9. The Morgan fingerprint density at radius 3 is 1.86 bits per heavy atom. The van der Waals surface area contributed by atoms with Crippen molar-refractivity contribution in [1.82, 2.24) is 0 Å². The van der Waals surface area contributed by atoms with Crippen LogP contribution in [0.2, 0.25) is 0 Å². The van der Waals surface area contributed by atoms with Gasteiger partial charge in [0.25, 0.3) is 0 Å². The molecule has 2 rings (SSSR count). The lowest BCUT2D eigenvalue weighted by Crippen LogP contribution is -2.07. The third kappa shape index (κ3) is 2.33. The SMILES string of the molecule is Cc1c(C)c(C)c(-c2cccc(F)c2C(=O)O)c(C)c1C. The summed E-state index contributed by atoms with van der Waals surface area (Å²) in [6, 6.07) is 4.42. The third-order valence-electron chi connectivity index (χ3n) is 4.50. The summed E-state index contributed by atoms with van der Waals surface area (Å²) in [4.78, 5) is 11.4. The number of carbonyl (C=O) groups is 1. The highest BCUT2D eigenvalue weighted by Crippen LogP contribution is 2.36. The number of benzene rings is 2. The average Bonchev–Trinajstić information content (AvgIpc) is 2.43. The van der Waals surface area contributed by atoms with Gasteiger partial charge in [0.1, 0.15) is 11.4 Å². The van der Waals surface area contributed by atoms with Gasteiger partial charge in [0.15, 0.2) is 0 Å². The Hall–Kier alpha value is -2.16. The first-order valence-corrected chi connectivity index (χ1v) is 6.86. The summed E-state index contributed by atoms with van der Waals surface area (Å²) in [5, 5.41) is 9.34. The first kappa shape index (κ1) is 15.2. The molecular formula is C18H19FO2. The normalized spacial score (nSPS) is 10.8. The highest BCUT2D eigenvalue weighted by molar-refractivity contribution is 5.97. The number of carboxylic acid groups (broad SMARTS) is 1. The summed E-state index contributed by atoms with van der Waals surface area (Å²) < 4.78 is 13.9. The van der Waals surface area contributed by atoms with Crippen LogP contribution in [-0.2, 0) is 0 Å². The molecule has 0 radical (unpaired) electrons. The van der Waals surface area contributed by atoms with Crippen LogP contribution in [0.15, 0.2) is 18.2 Å². The van der Waals surface area contributed by atoms with Crippen LogP contribution in [0.1, 0.15) is 38.2 Å². The standard InChI is InChI=1S/C18H19FO2/c1-9-10(2)12(4)16(13(5)11(9)3)14-7-6-8-15(19)17(14)18(20)21/h6-8H,1-5H3,(H,20,21). The summed E-state index contributed by atoms with van der Waals surface area (Å²) >= 11 is 0. The molecular weight excluding hydrogens is 267 g/mol. The van der Waals surface area contributed by atoms with Crippen LogP contribution in [0.5, 0.6) is 0 Å². The molecule has 2 aromatic rings. The first-order valence-electron chi connectivity index (χ1n) is 6.86. The molecule has 0 aromatic heterocycles. The minimum atomic E-state index is -1.24. The van der Waals surface area contributed by atoms with Crippen molar-refractivity contribution in [3.8, 4) is 11.1 Å². The molecule has 110 valence electrons. The monoisotopic (exact) mass is 286 g/mol. The van der Waals surface area contributed by atoms with E-state index in [1.165, 1.54) is 11.6 Å². The lowest BCUT2D eigenvalue weighted by molar-refractivity contribution is 0.0693. The second kappa shape index (κ2) is 5.32. The molecule has 0 saturated heterocycles. The van der Waals surface area contributed by atoms with Crippen LogP contribution in [-0.4, -0.2) is 11.1 Å². The fraction of sp³-hybridized carbons (Fsp3) is 0.278. The van der Waals surface area contributed by atoms with Crippen LogP contribution < -0.4 is 0 Å². The van der Waals surface area contributed by atoms with Crippen molar-refractivity contribution in [2.75, 3.05) is 0 Å². The van der Waals surface area contributed by atoms with Gasteiger partial charge in [-0.2, -0.15) is 0 Å². The van der Waals surface area contributed by atoms with E-state index in [9.17, 15) is 14.3 Å². The Morgan fingerprint density at radius 2 is 1.38 bits per heavy atom. The molecule has 21 heavy (non-hydrogen) atoms. The van der Waals surface area contributed by atoms with E-state index in [2.05, 4.69) is 6.92 Å². The highest BCUT2D eigenvalue weighted by atomic mass is 19.1. The van der Waals surface area contributed by atoms with Crippen molar-refractivity contribution in [3.63, 3.8) is 0 Å². The fourth-order valence-electron chi connectivity index (χ4n) is 2.85. The van der Waals surface area contributed by atoms with E-state index in [0.717, 1.165) is 27.8 Å². The molecule has 3 heteroatoms. The number of hydrogen-bond acceptors (Lipinski definition) is 1. The quantitative estimate of drug-likeness (QED) is 0.866. The summed E-state index contributed by atoms with van der Waals surface area (Å²) in [5.74, 6) is -1.94. The Balaban J connectivity index is 2.93.